The minimum Gasteiger partial charge on any atom is -0.393 e. The van der Waals surface area contributed by atoms with Gasteiger partial charge in [0.15, 0.2) is 5.82 Å². The van der Waals surface area contributed by atoms with Crippen LogP contribution in [0.2, 0.25) is 0 Å². The molecule has 2 aliphatic carbocycles. The molecule has 4 nitrogen and oxygen atoms in total. The van der Waals surface area contributed by atoms with Crippen LogP contribution in [0.25, 0.3) is 0 Å². The summed E-state index contributed by atoms with van der Waals surface area (Å²) in [5.74, 6) is 3.46. The highest BCUT2D eigenvalue weighted by Gasteiger charge is 2.30. The first-order valence-electron chi connectivity index (χ1n) is 7.77. The van der Waals surface area contributed by atoms with E-state index in [0.717, 1.165) is 43.3 Å². The molecule has 2 unspecified atom stereocenters. The van der Waals surface area contributed by atoms with E-state index in [0.29, 0.717) is 11.8 Å². The molecule has 1 N–H and O–H groups in total. The zero-order valence-corrected chi connectivity index (χ0v) is 11.7. The topological polar surface area (TPSA) is 59.2 Å². The van der Waals surface area contributed by atoms with Crippen LogP contribution >= 0.6 is 0 Å². The Labute approximate surface area is 114 Å². The summed E-state index contributed by atoms with van der Waals surface area (Å²) in [4.78, 5) is 4.65. The number of aliphatic hydroxyl groups is 1. The lowest BCUT2D eigenvalue weighted by Crippen LogP contribution is -2.17. The first-order chi connectivity index (χ1) is 9.26. The summed E-state index contributed by atoms with van der Waals surface area (Å²) < 4.78 is 5.48. The molecule has 0 amide bonds. The molecule has 0 spiro atoms. The summed E-state index contributed by atoms with van der Waals surface area (Å²) in [6.45, 7) is 2.27. The van der Waals surface area contributed by atoms with Crippen LogP contribution in [0.4, 0.5) is 0 Å². The van der Waals surface area contributed by atoms with Crippen molar-refractivity contribution in [3.8, 4) is 0 Å². The van der Waals surface area contributed by atoms with Gasteiger partial charge >= 0.3 is 0 Å². The summed E-state index contributed by atoms with van der Waals surface area (Å²) in [6, 6.07) is 0. The average molecular weight is 264 g/mol. The Morgan fingerprint density at radius 3 is 2.53 bits per heavy atom. The van der Waals surface area contributed by atoms with E-state index in [9.17, 15) is 5.11 Å². The molecule has 0 saturated heterocycles. The number of hydrogen-bond donors (Lipinski definition) is 1. The second-order valence-electron chi connectivity index (χ2n) is 6.28. The summed E-state index contributed by atoms with van der Waals surface area (Å²) >= 11 is 0. The van der Waals surface area contributed by atoms with E-state index in [1.165, 1.54) is 25.7 Å². The van der Waals surface area contributed by atoms with Crippen molar-refractivity contribution < 1.29 is 9.63 Å². The number of nitrogens with zero attached hydrogens (tertiary/aromatic N) is 2. The first-order valence-corrected chi connectivity index (χ1v) is 7.77. The second kappa shape index (κ2) is 5.61. The zero-order valence-electron chi connectivity index (χ0n) is 11.7. The fourth-order valence-electron chi connectivity index (χ4n) is 3.58. The van der Waals surface area contributed by atoms with E-state index in [1.807, 2.05) is 0 Å². The van der Waals surface area contributed by atoms with Crippen molar-refractivity contribution in [2.75, 3.05) is 0 Å². The second-order valence-corrected chi connectivity index (χ2v) is 6.28. The molecular weight excluding hydrogens is 240 g/mol. The van der Waals surface area contributed by atoms with Crippen LogP contribution in [0.15, 0.2) is 4.52 Å². The molecule has 2 saturated carbocycles. The van der Waals surface area contributed by atoms with E-state index in [1.54, 1.807) is 0 Å². The highest BCUT2D eigenvalue weighted by Crippen LogP contribution is 2.39. The van der Waals surface area contributed by atoms with Crippen LogP contribution in [0.5, 0.6) is 0 Å². The molecule has 2 aliphatic rings. The van der Waals surface area contributed by atoms with Crippen molar-refractivity contribution in [2.45, 2.75) is 76.2 Å². The maximum Gasteiger partial charge on any atom is 0.229 e. The maximum absolute atomic E-state index is 9.54. The molecule has 4 heteroatoms. The maximum atomic E-state index is 9.54. The minimum absolute atomic E-state index is 0.126. The summed E-state index contributed by atoms with van der Waals surface area (Å²) in [5, 5.41) is 13.8. The summed E-state index contributed by atoms with van der Waals surface area (Å²) in [7, 11) is 0. The lowest BCUT2D eigenvalue weighted by Gasteiger charge is -2.22. The summed E-state index contributed by atoms with van der Waals surface area (Å²) in [6.07, 6.45) is 8.56. The van der Waals surface area contributed by atoms with Gasteiger partial charge in [0.1, 0.15) is 0 Å². The Bertz CT molecular complexity index is 394. The zero-order chi connectivity index (χ0) is 13.2. The van der Waals surface area contributed by atoms with Gasteiger partial charge in [-0.15, -0.1) is 0 Å². The van der Waals surface area contributed by atoms with Crippen LogP contribution in [-0.2, 0) is 0 Å². The molecule has 0 bridgehead atoms. The Hall–Kier alpha value is -0.900. The van der Waals surface area contributed by atoms with E-state index >= 15 is 0 Å². The predicted octanol–water partition coefficient (Wildman–Crippen LogP) is 3.38. The standard InChI is InChI=1S/C15H24N2O2/c1-2-10-3-4-12(9-10)14-16-15(19-17-14)11-5-7-13(18)8-6-11/h10-13,18H,2-9H2,1H3. The number of hydrogen-bond acceptors (Lipinski definition) is 4. The number of rotatable bonds is 3. The molecule has 0 aromatic carbocycles. The number of aliphatic hydroxyl groups excluding tert-OH is 1. The van der Waals surface area contributed by atoms with Crippen LogP contribution in [0.3, 0.4) is 0 Å². The lowest BCUT2D eigenvalue weighted by molar-refractivity contribution is 0.116. The van der Waals surface area contributed by atoms with Crippen LogP contribution in [0.1, 0.15) is 81.8 Å². The first kappa shape index (κ1) is 13.1. The van der Waals surface area contributed by atoms with Crippen molar-refractivity contribution in [1.29, 1.82) is 0 Å². The van der Waals surface area contributed by atoms with E-state index < -0.39 is 0 Å². The van der Waals surface area contributed by atoms with Gasteiger partial charge in [-0.05, 0) is 50.9 Å². The highest BCUT2D eigenvalue weighted by molar-refractivity contribution is 5.03. The van der Waals surface area contributed by atoms with Crippen molar-refractivity contribution in [3.05, 3.63) is 11.7 Å². The largest absolute Gasteiger partial charge is 0.393 e. The molecule has 1 aromatic heterocycles. The predicted molar refractivity (Wildman–Crippen MR) is 71.9 cm³/mol. The normalized spacial score (nSPS) is 35.7. The molecule has 2 atom stereocenters. The molecule has 2 fully saturated rings. The lowest BCUT2D eigenvalue weighted by atomic mass is 9.87. The Morgan fingerprint density at radius 1 is 1.11 bits per heavy atom. The van der Waals surface area contributed by atoms with Crippen LogP contribution in [0, 0.1) is 5.92 Å². The smallest absolute Gasteiger partial charge is 0.229 e. The Kier molecular flexibility index (Phi) is 3.87. The summed E-state index contributed by atoms with van der Waals surface area (Å²) in [5.41, 5.74) is 0. The van der Waals surface area contributed by atoms with E-state index in [4.69, 9.17) is 4.52 Å². The molecule has 1 heterocycles. The van der Waals surface area contributed by atoms with Crippen molar-refractivity contribution in [1.82, 2.24) is 10.1 Å². The quantitative estimate of drug-likeness (QED) is 0.909. The molecule has 0 radical (unpaired) electrons. The molecule has 106 valence electrons. The van der Waals surface area contributed by atoms with Gasteiger partial charge in [0, 0.05) is 11.8 Å². The van der Waals surface area contributed by atoms with Crippen LogP contribution in [-0.4, -0.2) is 21.4 Å². The van der Waals surface area contributed by atoms with Gasteiger partial charge in [0.25, 0.3) is 0 Å². The SMILES string of the molecule is CCC1CCC(c2noc(C3CCC(O)CC3)n2)C1. The van der Waals surface area contributed by atoms with Crippen molar-refractivity contribution >= 4 is 0 Å². The molecule has 1 aromatic rings. The molecular formula is C15H24N2O2. The van der Waals surface area contributed by atoms with Gasteiger partial charge < -0.3 is 9.63 Å². The van der Waals surface area contributed by atoms with E-state index in [2.05, 4.69) is 17.1 Å². The van der Waals surface area contributed by atoms with Gasteiger partial charge in [-0.1, -0.05) is 18.5 Å². The van der Waals surface area contributed by atoms with E-state index in [-0.39, 0.29) is 6.10 Å². The van der Waals surface area contributed by atoms with Crippen LogP contribution < -0.4 is 0 Å². The van der Waals surface area contributed by atoms with Gasteiger partial charge in [-0.2, -0.15) is 4.98 Å². The third-order valence-corrected chi connectivity index (χ3v) is 4.99. The molecule has 3 rings (SSSR count). The van der Waals surface area contributed by atoms with Crippen molar-refractivity contribution in [3.63, 3.8) is 0 Å². The third-order valence-electron chi connectivity index (χ3n) is 4.99. The van der Waals surface area contributed by atoms with Crippen molar-refractivity contribution in [2.24, 2.45) is 5.92 Å². The number of aromatic nitrogens is 2. The Morgan fingerprint density at radius 2 is 1.84 bits per heavy atom. The van der Waals surface area contributed by atoms with Gasteiger partial charge in [0.2, 0.25) is 5.89 Å². The van der Waals surface area contributed by atoms with Gasteiger partial charge in [0.05, 0.1) is 6.10 Å². The molecule has 19 heavy (non-hydrogen) atoms. The van der Waals surface area contributed by atoms with Gasteiger partial charge in [-0.25, -0.2) is 0 Å². The average Bonchev–Trinajstić information content (AvgIpc) is 3.08. The fraction of sp³-hybridized carbons (Fsp3) is 0.867. The molecule has 0 aliphatic heterocycles. The Balaban J connectivity index is 1.63. The minimum atomic E-state index is -0.126. The monoisotopic (exact) mass is 264 g/mol. The third kappa shape index (κ3) is 2.83. The highest BCUT2D eigenvalue weighted by atomic mass is 16.5. The van der Waals surface area contributed by atoms with Gasteiger partial charge in [-0.3, -0.25) is 0 Å². The fourth-order valence-corrected chi connectivity index (χ4v) is 3.58.